The Morgan fingerprint density at radius 1 is 1.43 bits per heavy atom. The molecule has 0 aliphatic heterocycles. The Morgan fingerprint density at radius 3 is 3.00 bits per heavy atom. The second-order valence-corrected chi connectivity index (χ2v) is 2.89. The fourth-order valence-corrected chi connectivity index (χ4v) is 1.18. The summed E-state index contributed by atoms with van der Waals surface area (Å²) < 4.78 is 1.78. The smallest absolute Gasteiger partial charge is 0.0831 e. The van der Waals surface area contributed by atoms with E-state index in [-0.39, 0.29) is 0 Å². The zero-order chi connectivity index (χ0) is 9.80. The van der Waals surface area contributed by atoms with Crippen molar-refractivity contribution >= 4 is 0 Å². The third kappa shape index (κ3) is 1.80. The van der Waals surface area contributed by atoms with Crippen molar-refractivity contribution in [3.63, 3.8) is 0 Å². The van der Waals surface area contributed by atoms with Crippen LogP contribution in [0.5, 0.6) is 0 Å². The lowest BCUT2D eigenvalue weighted by Gasteiger charge is -1.98. The maximum atomic E-state index is 5.24. The quantitative estimate of drug-likeness (QED) is 0.657. The van der Waals surface area contributed by atoms with Crippen LogP contribution >= 0.6 is 0 Å². The Balaban J connectivity index is 2.16. The molecular weight excluding hydrogens is 174 g/mol. The molecule has 0 fully saturated rings. The summed E-state index contributed by atoms with van der Waals surface area (Å²) in [6.07, 6.45) is 10.5. The highest BCUT2D eigenvalue weighted by Crippen LogP contribution is 1.99. The second-order valence-electron chi connectivity index (χ2n) is 2.89. The van der Waals surface area contributed by atoms with E-state index < -0.39 is 0 Å². The maximum Gasteiger partial charge on any atom is 0.0831 e. The lowest BCUT2D eigenvalue weighted by molar-refractivity contribution is 0.672. The molecule has 0 bridgehead atoms. The van der Waals surface area contributed by atoms with Crippen molar-refractivity contribution in [2.45, 2.75) is 6.54 Å². The number of terminal acetylenes is 1. The SMILES string of the molecule is C#Cc1cnn(Cc2ccccn2)c1. The molecule has 2 aromatic rings. The molecule has 0 N–H and O–H groups in total. The molecule has 0 saturated carbocycles. The van der Waals surface area contributed by atoms with Gasteiger partial charge in [0.25, 0.3) is 0 Å². The summed E-state index contributed by atoms with van der Waals surface area (Å²) in [5.41, 5.74) is 1.76. The number of rotatable bonds is 2. The molecule has 0 aliphatic rings. The van der Waals surface area contributed by atoms with Crippen LogP contribution in [-0.2, 0) is 6.54 Å². The first-order valence-corrected chi connectivity index (χ1v) is 4.27. The molecule has 14 heavy (non-hydrogen) atoms. The summed E-state index contributed by atoms with van der Waals surface area (Å²) in [5, 5.41) is 4.12. The van der Waals surface area contributed by atoms with E-state index in [0.717, 1.165) is 11.3 Å². The summed E-state index contributed by atoms with van der Waals surface area (Å²) in [6.45, 7) is 0.655. The van der Waals surface area contributed by atoms with Gasteiger partial charge in [0.1, 0.15) is 0 Å². The molecule has 2 aromatic heterocycles. The highest BCUT2D eigenvalue weighted by Gasteiger charge is 1.97. The molecule has 0 saturated heterocycles. The molecule has 2 rings (SSSR count). The topological polar surface area (TPSA) is 30.7 Å². The third-order valence-corrected chi connectivity index (χ3v) is 1.85. The molecule has 0 atom stereocenters. The van der Waals surface area contributed by atoms with Gasteiger partial charge in [-0.3, -0.25) is 9.67 Å². The lowest BCUT2D eigenvalue weighted by atomic mass is 10.3. The van der Waals surface area contributed by atoms with Gasteiger partial charge >= 0.3 is 0 Å². The summed E-state index contributed by atoms with van der Waals surface area (Å²) in [4.78, 5) is 4.20. The minimum absolute atomic E-state index is 0.655. The number of nitrogens with zero attached hydrogens (tertiary/aromatic N) is 3. The van der Waals surface area contributed by atoms with Gasteiger partial charge in [0, 0.05) is 12.4 Å². The van der Waals surface area contributed by atoms with Crippen LogP contribution in [0, 0.1) is 12.3 Å². The van der Waals surface area contributed by atoms with Crippen molar-refractivity contribution < 1.29 is 0 Å². The van der Waals surface area contributed by atoms with Crippen LogP contribution in [0.15, 0.2) is 36.8 Å². The number of hydrogen-bond donors (Lipinski definition) is 0. The maximum absolute atomic E-state index is 5.24. The first-order valence-electron chi connectivity index (χ1n) is 4.27. The largest absolute Gasteiger partial charge is 0.265 e. The van der Waals surface area contributed by atoms with Crippen molar-refractivity contribution in [1.82, 2.24) is 14.8 Å². The predicted molar refractivity (Wildman–Crippen MR) is 53.5 cm³/mol. The number of pyridine rings is 1. The van der Waals surface area contributed by atoms with Gasteiger partial charge in [-0.1, -0.05) is 12.0 Å². The average Bonchev–Trinajstić information content (AvgIpc) is 2.67. The van der Waals surface area contributed by atoms with Gasteiger partial charge in [0.15, 0.2) is 0 Å². The van der Waals surface area contributed by atoms with Gasteiger partial charge in [-0.15, -0.1) is 6.42 Å². The van der Waals surface area contributed by atoms with Crippen molar-refractivity contribution in [3.8, 4) is 12.3 Å². The van der Waals surface area contributed by atoms with Crippen molar-refractivity contribution in [2.24, 2.45) is 0 Å². The molecule has 0 aliphatic carbocycles. The van der Waals surface area contributed by atoms with Crippen molar-refractivity contribution in [3.05, 3.63) is 48.0 Å². The summed E-state index contributed by atoms with van der Waals surface area (Å²) in [5.74, 6) is 2.53. The van der Waals surface area contributed by atoms with E-state index in [2.05, 4.69) is 16.0 Å². The Morgan fingerprint density at radius 2 is 2.36 bits per heavy atom. The Kier molecular flexibility index (Phi) is 2.28. The van der Waals surface area contributed by atoms with Gasteiger partial charge < -0.3 is 0 Å². The molecule has 3 heteroatoms. The number of hydrogen-bond acceptors (Lipinski definition) is 2. The monoisotopic (exact) mass is 183 g/mol. The van der Waals surface area contributed by atoms with E-state index in [1.54, 1.807) is 17.1 Å². The van der Waals surface area contributed by atoms with Crippen LogP contribution in [0.3, 0.4) is 0 Å². The normalized spacial score (nSPS) is 9.64. The van der Waals surface area contributed by atoms with E-state index >= 15 is 0 Å². The van der Waals surface area contributed by atoms with E-state index in [1.807, 2.05) is 24.4 Å². The van der Waals surface area contributed by atoms with E-state index in [0.29, 0.717) is 6.54 Å². The fourth-order valence-electron chi connectivity index (χ4n) is 1.18. The molecular formula is C11H9N3. The van der Waals surface area contributed by atoms with E-state index in [9.17, 15) is 0 Å². The Bertz CT molecular complexity index is 451. The minimum atomic E-state index is 0.655. The second kappa shape index (κ2) is 3.75. The zero-order valence-corrected chi connectivity index (χ0v) is 7.59. The average molecular weight is 183 g/mol. The first-order chi connectivity index (χ1) is 6.88. The number of aromatic nitrogens is 3. The standard InChI is InChI=1S/C11H9N3/c1-2-10-7-13-14(8-10)9-11-5-3-4-6-12-11/h1,3-8H,9H2. The van der Waals surface area contributed by atoms with Crippen LogP contribution in [0.1, 0.15) is 11.3 Å². The Labute approximate surface area is 82.4 Å². The molecule has 3 nitrogen and oxygen atoms in total. The molecule has 68 valence electrons. The van der Waals surface area contributed by atoms with Gasteiger partial charge in [-0.05, 0) is 12.1 Å². The summed E-state index contributed by atoms with van der Waals surface area (Å²) >= 11 is 0. The predicted octanol–water partition coefficient (Wildman–Crippen LogP) is 1.31. The van der Waals surface area contributed by atoms with Gasteiger partial charge in [0.2, 0.25) is 0 Å². The van der Waals surface area contributed by atoms with Gasteiger partial charge in [-0.25, -0.2) is 0 Å². The summed E-state index contributed by atoms with van der Waals surface area (Å²) in [7, 11) is 0. The van der Waals surface area contributed by atoms with Gasteiger partial charge in [0.05, 0.1) is 24.0 Å². The molecule has 0 aromatic carbocycles. The zero-order valence-electron chi connectivity index (χ0n) is 7.59. The van der Waals surface area contributed by atoms with Crippen molar-refractivity contribution in [1.29, 1.82) is 0 Å². The van der Waals surface area contributed by atoms with Crippen LogP contribution < -0.4 is 0 Å². The molecule has 0 amide bonds. The summed E-state index contributed by atoms with van der Waals surface area (Å²) in [6, 6.07) is 5.80. The molecule has 0 spiro atoms. The highest BCUT2D eigenvalue weighted by atomic mass is 15.3. The molecule has 0 radical (unpaired) electrons. The third-order valence-electron chi connectivity index (χ3n) is 1.85. The molecule has 2 heterocycles. The van der Waals surface area contributed by atoms with Crippen LogP contribution in [0.2, 0.25) is 0 Å². The first kappa shape index (κ1) is 8.52. The Hall–Kier alpha value is -2.08. The minimum Gasteiger partial charge on any atom is -0.265 e. The fraction of sp³-hybridized carbons (Fsp3) is 0.0909. The lowest BCUT2D eigenvalue weighted by Crippen LogP contribution is -2.01. The van der Waals surface area contributed by atoms with Crippen LogP contribution in [0.4, 0.5) is 0 Å². The van der Waals surface area contributed by atoms with Crippen LogP contribution in [-0.4, -0.2) is 14.8 Å². The van der Waals surface area contributed by atoms with E-state index in [1.165, 1.54) is 0 Å². The molecule has 0 unspecified atom stereocenters. The highest BCUT2D eigenvalue weighted by molar-refractivity contribution is 5.26. The van der Waals surface area contributed by atoms with Crippen molar-refractivity contribution in [2.75, 3.05) is 0 Å². The van der Waals surface area contributed by atoms with Gasteiger partial charge in [-0.2, -0.15) is 5.10 Å². The van der Waals surface area contributed by atoms with Crippen LogP contribution in [0.25, 0.3) is 0 Å². The van der Waals surface area contributed by atoms with E-state index in [4.69, 9.17) is 6.42 Å².